The first kappa shape index (κ1) is 6.97. The van der Waals surface area contributed by atoms with Crippen molar-refractivity contribution in [1.82, 2.24) is 4.98 Å². The Labute approximate surface area is 77.4 Å². The Balaban J connectivity index is 2.91. The number of aromatic nitrogens is 1. The molecule has 0 saturated heterocycles. The van der Waals surface area contributed by atoms with E-state index >= 15 is 0 Å². The molecular formula is C8H6INO. The normalized spacial score (nSPS) is 10.6. The summed E-state index contributed by atoms with van der Waals surface area (Å²) in [5.41, 5.74) is 0. The number of rotatable bonds is 0. The van der Waals surface area contributed by atoms with E-state index < -0.39 is 0 Å². The minimum absolute atomic E-state index is 0.321. The lowest BCUT2D eigenvalue weighted by Crippen LogP contribution is -1.71. The zero-order valence-corrected chi connectivity index (χ0v) is 7.79. The van der Waals surface area contributed by atoms with Gasteiger partial charge >= 0.3 is 0 Å². The second kappa shape index (κ2) is 2.41. The van der Waals surface area contributed by atoms with Crippen LogP contribution >= 0.6 is 22.6 Å². The summed E-state index contributed by atoms with van der Waals surface area (Å²) in [5, 5.41) is 11.4. The first-order chi connectivity index (χ1) is 5.27. The summed E-state index contributed by atoms with van der Waals surface area (Å²) in [6.07, 6.45) is 3.80. The molecule has 56 valence electrons. The number of phenolic OH excluding ortho intramolecular Hbond substituents is 1. The molecule has 0 unspecified atom stereocenters. The van der Waals surface area contributed by atoms with E-state index in [2.05, 4.69) is 27.6 Å². The monoisotopic (exact) mass is 259 g/mol. The molecule has 0 atom stereocenters. The van der Waals surface area contributed by atoms with Gasteiger partial charge in [-0.1, -0.05) is 0 Å². The molecule has 2 aromatic rings. The number of nitrogens with one attached hydrogen (secondary N) is 1. The molecule has 0 aliphatic carbocycles. The Morgan fingerprint density at radius 1 is 1.27 bits per heavy atom. The van der Waals surface area contributed by atoms with Crippen LogP contribution in [0.5, 0.6) is 5.75 Å². The number of aromatic amines is 1. The van der Waals surface area contributed by atoms with Crippen molar-refractivity contribution >= 4 is 33.4 Å². The molecule has 3 heteroatoms. The minimum Gasteiger partial charge on any atom is -0.508 e. The van der Waals surface area contributed by atoms with Gasteiger partial charge in [0.25, 0.3) is 0 Å². The van der Waals surface area contributed by atoms with Crippen molar-refractivity contribution in [3.63, 3.8) is 0 Å². The molecule has 2 nitrogen and oxygen atoms in total. The maximum atomic E-state index is 9.21. The van der Waals surface area contributed by atoms with Crippen LogP contribution in [0.3, 0.4) is 0 Å². The van der Waals surface area contributed by atoms with Gasteiger partial charge in [0.15, 0.2) is 0 Å². The third-order valence-electron chi connectivity index (χ3n) is 1.61. The number of phenols is 1. The van der Waals surface area contributed by atoms with Gasteiger partial charge in [-0.3, -0.25) is 0 Å². The van der Waals surface area contributed by atoms with Crippen LogP contribution in [0.4, 0.5) is 0 Å². The quantitative estimate of drug-likeness (QED) is 0.700. The Morgan fingerprint density at radius 3 is 2.91 bits per heavy atom. The van der Waals surface area contributed by atoms with Crippen molar-refractivity contribution in [2.75, 3.05) is 0 Å². The third-order valence-corrected chi connectivity index (χ3v) is 2.51. The smallest absolute Gasteiger partial charge is 0.117 e. The van der Waals surface area contributed by atoms with Crippen molar-refractivity contribution in [2.45, 2.75) is 0 Å². The molecule has 0 spiro atoms. The van der Waals surface area contributed by atoms with Gasteiger partial charge in [-0.25, -0.2) is 0 Å². The summed E-state index contributed by atoms with van der Waals surface area (Å²) in [5.74, 6) is 0.321. The molecule has 1 heterocycles. The van der Waals surface area contributed by atoms with Crippen LogP contribution < -0.4 is 0 Å². The molecule has 0 aliphatic rings. The van der Waals surface area contributed by atoms with Crippen LogP contribution in [-0.2, 0) is 0 Å². The number of hydrogen-bond acceptors (Lipinski definition) is 1. The lowest BCUT2D eigenvalue weighted by Gasteiger charge is -1.94. The summed E-state index contributed by atoms with van der Waals surface area (Å²) in [4.78, 5) is 2.99. The van der Waals surface area contributed by atoms with E-state index in [0.29, 0.717) is 5.75 Å². The van der Waals surface area contributed by atoms with Crippen LogP contribution in [0.15, 0.2) is 24.5 Å². The molecule has 1 aromatic heterocycles. The van der Waals surface area contributed by atoms with Crippen molar-refractivity contribution in [2.24, 2.45) is 0 Å². The first-order valence-electron chi connectivity index (χ1n) is 3.22. The van der Waals surface area contributed by atoms with Crippen LogP contribution in [0.25, 0.3) is 10.8 Å². The summed E-state index contributed by atoms with van der Waals surface area (Å²) >= 11 is 2.20. The number of benzene rings is 1. The molecule has 0 aliphatic heterocycles. The minimum atomic E-state index is 0.321. The molecule has 0 bridgehead atoms. The molecule has 0 radical (unpaired) electrons. The topological polar surface area (TPSA) is 36.0 Å². The Morgan fingerprint density at radius 2 is 2.09 bits per heavy atom. The second-order valence-corrected chi connectivity index (χ2v) is 3.55. The van der Waals surface area contributed by atoms with E-state index in [1.165, 1.54) is 0 Å². The summed E-state index contributed by atoms with van der Waals surface area (Å²) < 4.78 is 1.07. The van der Waals surface area contributed by atoms with Crippen molar-refractivity contribution < 1.29 is 5.11 Å². The standard InChI is InChI=1S/C8H6INO/c9-8-2-6(11)1-5-3-10-4-7(5)8/h1-4,10-11H. The number of H-pyrrole nitrogens is 1. The average Bonchev–Trinajstić information content (AvgIpc) is 2.34. The van der Waals surface area contributed by atoms with E-state index in [-0.39, 0.29) is 0 Å². The van der Waals surface area contributed by atoms with Gasteiger partial charge < -0.3 is 10.1 Å². The number of hydrogen-bond donors (Lipinski definition) is 2. The van der Waals surface area contributed by atoms with E-state index in [1.54, 1.807) is 12.1 Å². The predicted molar refractivity (Wildman–Crippen MR) is 52.7 cm³/mol. The Bertz CT molecular complexity index is 394. The molecular weight excluding hydrogens is 253 g/mol. The van der Waals surface area contributed by atoms with Crippen molar-refractivity contribution in [3.8, 4) is 5.75 Å². The van der Waals surface area contributed by atoms with Gasteiger partial charge in [-0.05, 0) is 34.7 Å². The van der Waals surface area contributed by atoms with E-state index in [9.17, 15) is 5.11 Å². The van der Waals surface area contributed by atoms with Crippen LogP contribution in [0, 0.1) is 3.57 Å². The lowest BCUT2D eigenvalue weighted by molar-refractivity contribution is 0.476. The van der Waals surface area contributed by atoms with Gasteiger partial charge in [0.05, 0.1) is 0 Å². The maximum Gasteiger partial charge on any atom is 0.117 e. The molecule has 0 fully saturated rings. The molecule has 0 saturated carbocycles. The van der Waals surface area contributed by atoms with E-state index in [0.717, 1.165) is 14.3 Å². The average molecular weight is 259 g/mol. The molecule has 2 N–H and O–H groups in total. The Kier molecular flexibility index (Phi) is 1.52. The predicted octanol–water partition coefficient (Wildman–Crippen LogP) is 2.48. The van der Waals surface area contributed by atoms with Gasteiger partial charge in [0.2, 0.25) is 0 Å². The van der Waals surface area contributed by atoms with Crippen LogP contribution in [0.1, 0.15) is 0 Å². The highest BCUT2D eigenvalue weighted by atomic mass is 127. The third kappa shape index (κ3) is 1.09. The van der Waals surface area contributed by atoms with Crippen LogP contribution in [0.2, 0.25) is 0 Å². The zero-order chi connectivity index (χ0) is 7.84. The highest BCUT2D eigenvalue weighted by Crippen LogP contribution is 2.25. The Hall–Kier alpha value is -0.710. The SMILES string of the molecule is Oc1cc(I)c2c[nH]cc2c1. The largest absolute Gasteiger partial charge is 0.508 e. The zero-order valence-electron chi connectivity index (χ0n) is 5.63. The molecule has 1 aromatic carbocycles. The fourth-order valence-corrected chi connectivity index (χ4v) is 1.90. The first-order valence-corrected chi connectivity index (χ1v) is 4.30. The van der Waals surface area contributed by atoms with Crippen molar-refractivity contribution in [1.29, 1.82) is 0 Å². The van der Waals surface area contributed by atoms with Gasteiger partial charge in [0.1, 0.15) is 5.75 Å². The number of aromatic hydroxyl groups is 1. The second-order valence-electron chi connectivity index (χ2n) is 2.39. The van der Waals surface area contributed by atoms with Gasteiger partial charge in [0, 0.05) is 26.7 Å². The summed E-state index contributed by atoms with van der Waals surface area (Å²) in [6, 6.07) is 3.49. The number of fused-ring (bicyclic) bond motifs is 1. The van der Waals surface area contributed by atoms with Gasteiger partial charge in [-0.2, -0.15) is 0 Å². The molecule has 0 amide bonds. The summed E-state index contributed by atoms with van der Waals surface area (Å²) in [7, 11) is 0. The van der Waals surface area contributed by atoms with E-state index in [1.807, 2.05) is 12.4 Å². The maximum absolute atomic E-state index is 9.21. The highest BCUT2D eigenvalue weighted by Gasteiger charge is 2.00. The van der Waals surface area contributed by atoms with Crippen LogP contribution in [-0.4, -0.2) is 10.1 Å². The number of halogens is 1. The van der Waals surface area contributed by atoms with Crippen molar-refractivity contribution in [3.05, 3.63) is 28.1 Å². The lowest BCUT2D eigenvalue weighted by atomic mass is 10.2. The molecule has 2 rings (SSSR count). The fraction of sp³-hybridized carbons (Fsp3) is 0. The van der Waals surface area contributed by atoms with Gasteiger partial charge in [-0.15, -0.1) is 0 Å². The fourth-order valence-electron chi connectivity index (χ4n) is 1.11. The highest BCUT2D eigenvalue weighted by molar-refractivity contribution is 14.1. The summed E-state index contributed by atoms with van der Waals surface area (Å²) in [6.45, 7) is 0. The molecule has 11 heavy (non-hydrogen) atoms. The van der Waals surface area contributed by atoms with E-state index in [4.69, 9.17) is 0 Å².